The van der Waals surface area contributed by atoms with E-state index in [0.29, 0.717) is 0 Å². The van der Waals surface area contributed by atoms with Crippen molar-refractivity contribution in [2.45, 2.75) is 31.3 Å². The van der Waals surface area contributed by atoms with Crippen LogP contribution >= 0.6 is 0 Å². The molecule has 60 valence electrons. The highest BCUT2D eigenvalue weighted by Crippen LogP contribution is 2.19. The van der Waals surface area contributed by atoms with E-state index in [4.69, 9.17) is 20.1 Å². The first-order valence-corrected chi connectivity index (χ1v) is 3.29. The van der Waals surface area contributed by atoms with Gasteiger partial charge in [0.1, 0.15) is 18.3 Å². The van der Waals surface area contributed by atoms with Crippen molar-refractivity contribution in [2.24, 2.45) is 0 Å². The molecule has 4 nitrogen and oxygen atoms in total. The normalized spacial score (nSPS) is 48.0. The lowest BCUT2D eigenvalue weighted by Crippen LogP contribution is -2.33. The van der Waals surface area contributed by atoms with Crippen molar-refractivity contribution in [3.8, 4) is 0 Å². The van der Waals surface area contributed by atoms with Gasteiger partial charge in [0.2, 0.25) is 0 Å². The van der Waals surface area contributed by atoms with Gasteiger partial charge in [-0.1, -0.05) is 0 Å². The van der Waals surface area contributed by atoms with E-state index < -0.39 is 18.3 Å². The van der Waals surface area contributed by atoms with E-state index in [2.05, 4.69) is 0 Å². The van der Waals surface area contributed by atoms with Crippen molar-refractivity contribution in [3.05, 3.63) is 0 Å². The van der Waals surface area contributed by atoms with Crippen LogP contribution in [-0.2, 0) is 4.74 Å². The van der Waals surface area contributed by atoms with Gasteiger partial charge in [-0.3, -0.25) is 0 Å². The van der Waals surface area contributed by atoms with Crippen LogP contribution in [0.2, 0.25) is 0 Å². The lowest BCUT2D eigenvalue weighted by atomic mass is 10.1. The van der Waals surface area contributed by atoms with Crippen LogP contribution < -0.4 is 0 Å². The highest BCUT2D eigenvalue weighted by molar-refractivity contribution is 4.87. The number of aliphatic hydroxyl groups is 3. The largest absolute Gasteiger partial charge is 0.394 e. The molecule has 2 unspecified atom stereocenters. The predicted octanol–water partition coefficient (Wildman–Crippen LogP) is -1.51. The quantitative estimate of drug-likeness (QED) is 0.422. The standard InChI is InChI=1S/C6H12O4/c1-3-5(8)6(9)4(2-7)10-3/h3-9H,2H2,1H3/t3?,4-,5?,6-/m1/s1. The van der Waals surface area contributed by atoms with Crippen LogP contribution in [0.3, 0.4) is 0 Å². The molecule has 0 saturated carbocycles. The molecular weight excluding hydrogens is 136 g/mol. The van der Waals surface area contributed by atoms with Crippen LogP contribution in [0.15, 0.2) is 0 Å². The summed E-state index contributed by atoms with van der Waals surface area (Å²) in [5.41, 5.74) is 0. The Kier molecular flexibility index (Phi) is 2.25. The Balaban J connectivity index is 2.53. The fourth-order valence-corrected chi connectivity index (χ4v) is 1.09. The first kappa shape index (κ1) is 7.94. The summed E-state index contributed by atoms with van der Waals surface area (Å²) in [6.07, 6.45) is -2.81. The van der Waals surface area contributed by atoms with Gasteiger partial charge < -0.3 is 20.1 Å². The third-order valence-electron chi connectivity index (χ3n) is 1.78. The first-order valence-electron chi connectivity index (χ1n) is 3.29. The van der Waals surface area contributed by atoms with Crippen molar-refractivity contribution in [2.75, 3.05) is 6.61 Å². The van der Waals surface area contributed by atoms with E-state index in [1.54, 1.807) is 6.92 Å². The molecule has 1 aliphatic rings. The molecule has 1 fully saturated rings. The molecule has 1 aliphatic heterocycles. The number of hydrogen-bond donors (Lipinski definition) is 3. The third-order valence-corrected chi connectivity index (χ3v) is 1.78. The van der Waals surface area contributed by atoms with Gasteiger partial charge in [0.05, 0.1) is 12.7 Å². The SMILES string of the molecule is CC1O[C@H](CO)[C@@H](O)C1O. The molecule has 0 spiro atoms. The Labute approximate surface area is 59.1 Å². The second kappa shape index (κ2) is 2.84. The second-order valence-corrected chi connectivity index (χ2v) is 2.54. The molecule has 0 amide bonds. The Bertz CT molecular complexity index is 116. The number of aliphatic hydroxyl groups excluding tert-OH is 3. The van der Waals surface area contributed by atoms with Gasteiger partial charge in [0.15, 0.2) is 0 Å². The van der Waals surface area contributed by atoms with Crippen LogP contribution in [0.5, 0.6) is 0 Å². The molecule has 1 heterocycles. The maximum atomic E-state index is 9.09. The fourth-order valence-electron chi connectivity index (χ4n) is 1.09. The maximum absolute atomic E-state index is 9.09. The monoisotopic (exact) mass is 148 g/mol. The molecule has 1 saturated heterocycles. The first-order chi connectivity index (χ1) is 4.66. The van der Waals surface area contributed by atoms with Crippen LogP contribution in [0.25, 0.3) is 0 Å². The van der Waals surface area contributed by atoms with E-state index in [0.717, 1.165) is 0 Å². The smallest absolute Gasteiger partial charge is 0.111 e. The molecule has 3 N–H and O–H groups in total. The number of ether oxygens (including phenoxy) is 1. The fraction of sp³-hybridized carbons (Fsp3) is 1.00. The summed E-state index contributed by atoms with van der Waals surface area (Å²) in [5, 5.41) is 26.8. The molecule has 0 aromatic heterocycles. The number of rotatable bonds is 1. The Hall–Kier alpha value is -0.160. The lowest BCUT2D eigenvalue weighted by Gasteiger charge is -2.10. The molecule has 4 atom stereocenters. The predicted molar refractivity (Wildman–Crippen MR) is 33.4 cm³/mol. The van der Waals surface area contributed by atoms with E-state index in [9.17, 15) is 0 Å². The van der Waals surface area contributed by atoms with Crippen LogP contribution in [0.1, 0.15) is 6.92 Å². The topological polar surface area (TPSA) is 69.9 Å². The zero-order valence-corrected chi connectivity index (χ0v) is 5.77. The summed E-state index contributed by atoms with van der Waals surface area (Å²) in [7, 11) is 0. The average Bonchev–Trinajstić information content (AvgIpc) is 2.17. The number of hydrogen-bond acceptors (Lipinski definition) is 4. The summed E-state index contributed by atoms with van der Waals surface area (Å²) < 4.78 is 4.98. The van der Waals surface area contributed by atoms with Gasteiger partial charge in [0, 0.05) is 0 Å². The highest BCUT2D eigenvalue weighted by atomic mass is 16.5. The molecule has 0 aromatic rings. The zero-order valence-electron chi connectivity index (χ0n) is 5.77. The molecule has 0 aliphatic carbocycles. The van der Waals surface area contributed by atoms with Gasteiger partial charge >= 0.3 is 0 Å². The molecule has 0 bridgehead atoms. The van der Waals surface area contributed by atoms with Crippen molar-refractivity contribution < 1.29 is 20.1 Å². The summed E-state index contributed by atoms with van der Waals surface area (Å²) in [5.74, 6) is 0. The Morgan fingerprint density at radius 3 is 2.10 bits per heavy atom. The van der Waals surface area contributed by atoms with Gasteiger partial charge in [-0.05, 0) is 6.92 Å². The maximum Gasteiger partial charge on any atom is 0.111 e. The molecule has 1 rings (SSSR count). The van der Waals surface area contributed by atoms with Crippen molar-refractivity contribution >= 4 is 0 Å². The van der Waals surface area contributed by atoms with Gasteiger partial charge in [-0.25, -0.2) is 0 Å². The van der Waals surface area contributed by atoms with E-state index in [-0.39, 0.29) is 12.7 Å². The van der Waals surface area contributed by atoms with Crippen LogP contribution in [0, 0.1) is 0 Å². The molecule has 4 heteroatoms. The van der Waals surface area contributed by atoms with Crippen LogP contribution in [-0.4, -0.2) is 46.3 Å². The average molecular weight is 148 g/mol. The molecule has 0 radical (unpaired) electrons. The summed E-state index contributed by atoms with van der Waals surface area (Å²) in [6, 6.07) is 0. The van der Waals surface area contributed by atoms with Gasteiger partial charge in [0.25, 0.3) is 0 Å². The minimum absolute atomic E-state index is 0.247. The van der Waals surface area contributed by atoms with Crippen LogP contribution in [0.4, 0.5) is 0 Å². The molecular formula is C6H12O4. The van der Waals surface area contributed by atoms with Crippen molar-refractivity contribution in [1.82, 2.24) is 0 Å². The van der Waals surface area contributed by atoms with Crippen molar-refractivity contribution in [1.29, 1.82) is 0 Å². The minimum Gasteiger partial charge on any atom is -0.394 e. The summed E-state index contributed by atoms with van der Waals surface area (Å²) in [4.78, 5) is 0. The molecule has 0 aromatic carbocycles. The Morgan fingerprint density at radius 2 is 1.90 bits per heavy atom. The zero-order chi connectivity index (χ0) is 7.72. The van der Waals surface area contributed by atoms with E-state index >= 15 is 0 Å². The van der Waals surface area contributed by atoms with E-state index in [1.807, 2.05) is 0 Å². The van der Waals surface area contributed by atoms with E-state index in [1.165, 1.54) is 0 Å². The third kappa shape index (κ3) is 1.15. The lowest BCUT2D eigenvalue weighted by molar-refractivity contribution is -0.0171. The second-order valence-electron chi connectivity index (χ2n) is 2.54. The summed E-state index contributed by atoms with van der Waals surface area (Å²) >= 11 is 0. The van der Waals surface area contributed by atoms with Gasteiger partial charge in [-0.2, -0.15) is 0 Å². The Morgan fingerprint density at radius 1 is 1.30 bits per heavy atom. The molecule has 10 heavy (non-hydrogen) atoms. The summed E-state index contributed by atoms with van der Waals surface area (Å²) in [6.45, 7) is 1.41. The highest BCUT2D eigenvalue weighted by Gasteiger charge is 2.39. The minimum atomic E-state index is -0.944. The van der Waals surface area contributed by atoms with Gasteiger partial charge in [-0.15, -0.1) is 0 Å². The van der Waals surface area contributed by atoms with Crippen molar-refractivity contribution in [3.63, 3.8) is 0 Å².